The molecule has 1 saturated carbocycles. The van der Waals surface area contributed by atoms with Gasteiger partial charge in [0, 0.05) is 12.7 Å². The fourth-order valence-electron chi connectivity index (χ4n) is 3.53. The molecule has 1 aliphatic carbocycles. The van der Waals surface area contributed by atoms with E-state index < -0.39 is 5.66 Å². The Morgan fingerprint density at radius 2 is 1.88 bits per heavy atom. The van der Waals surface area contributed by atoms with E-state index in [0.717, 1.165) is 36.9 Å². The van der Waals surface area contributed by atoms with Crippen LogP contribution in [0.5, 0.6) is 0 Å². The summed E-state index contributed by atoms with van der Waals surface area (Å²) >= 11 is 0. The van der Waals surface area contributed by atoms with Gasteiger partial charge in [-0.1, -0.05) is 18.6 Å². The lowest BCUT2D eigenvalue weighted by Crippen LogP contribution is -2.58. The van der Waals surface area contributed by atoms with Gasteiger partial charge in [-0.2, -0.15) is 4.99 Å². The molecule has 1 aromatic carbocycles. The zero-order chi connectivity index (χ0) is 17.2. The van der Waals surface area contributed by atoms with E-state index >= 15 is 0 Å². The van der Waals surface area contributed by atoms with E-state index in [4.69, 9.17) is 11.5 Å². The maximum Gasteiger partial charge on any atom is 0.224 e. The Labute approximate surface area is 141 Å². The highest BCUT2D eigenvalue weighted by atomic mass is 16.1. The highest BCUT2D eigenvalue weighted by molar-refractivity contribution is 6.05. The van der Waals surface area contributed by atoms with Crippen molar-refractivity contribution >= 4 is 23.5 Å². The maximum atomic E-state index is 11.5. The quantitative estimate of drug-likeness (QED) is 0.771. The van der Waals surface area contributed by atoms with E-state index in [1.807, 2.05) is 29.2 Å². The van der Waals surface area contributed by atoms with Crippen LogP contribution in [-0.4, -0.2) is 30.5 Å². The number of nitrogens with two attached hydrogens (primary N) is 2. The molecule has 3 rings (SSSR count). The molecule has 5 N–H and O–H groups in total. The standard InChI is InChI=1S/C17H24N6O/c1-20-14(24)11-12-5-7-13(8-6-12)23-16(19)21-15(18)22-17(23)9-3-2-4-10-17/h5-8H,2-4,9-11H2,1H3,(H,20,24)(H4,18,19,21,22). The zero-order valence-corrected chi connectivity index (χ0v) is 14.0. The van der Waals surface area contributed by atoms with Gasteiger partial charge in [-0.25, -0.2) is 4.99 Å². The van der Waals surface area contributed by atoms with Crippen molar-refractivity contribution in [3.63, 3.8) is 0 Å². The first-order valence-corrected chi connectivity index (χ1v) is 8.33. The molecule has 0 atom stereocenters. The van der Waals surface area contributed by atoms with Crippen LogP contribution >= 0.6 is 0 Å². The molecule has 1 spiro atoms. The van der Waals surface area contributed by atoms with Crippen molar-refractivity contribution in [2.45, 2.75) is 44.2 Å². The molecule has 0 radical (unpaired) electrons. The fraction of sp³-hybridized carbons (Fsp3) is 0.471. The molecule has 1 aliphatic heterocycles. The maximum absolute atomic E-state index is 11.5. The number of guanidine groups is 2. The summed E-state index contributed by atoms with van der Waals surface area (Å²) in [7, 11) is 1.64. The molecular weight excluding hydrogens is 304 g/mol. The summed E-state index contributed by atoms with van der Waals surface area (Å²) in [6.07, 6.45) is 5.56. The van der Waals surface area contributed by atoms with E-state index in [2.05, 4.69) is 15.3 Å². The molecule has 2 aliphatic rings. The second kappa shape index (κ2) is 6.51. The van der Waals surface area contributed by atoms with E-state index in [1.54, 1.807) is 7.05 Å². The van der Waals surface area contributed by atoms with E-state index in [-0.39, 0.29) is 11.9 Å². The topological polar surface area (TPSA) is 109 Å². The van der Waals surface area contributed by atoms with Gasteiger partial charge in [-0.05, 0) is 43.4 Å². The molecule has 0 bridgehead atoms. The lowest BCUT2D eigenvalue weighted by atomic mass is 9.87. The van der Waals surface area contributed by atoms with Crippen LogP contribution in [0.2, 0.25) is 0 Å². The van der Waals surface area contributed by atoms with Crippen LogP contribution in [0, 0.1) is 0 Å². The number of rotatable bonds is 3. The number of aliphatic imine (C=N–C) groups is 2. The minimum absolute atomic E-state index is 0.0112. The molecule has 24 heavy (non-hydrogen) atoms. The van der Waals surface area contributed by atoms with Gasteiger partial charge in [0.25, 0.3) is 0 Å². The Bertz CT molecular complexity index is 673. The molecule has 7 heteroatoms. The predicted octanol–water partition coefficient (Wildman–Crippen LogP) is 1.08. The second-order valence-corrected chi connectivity index (χ2v) is 6.33. The van der Waals surface area contributed by atoms with Gasteiger partial charge in [0.05, 0.1) is 6.42 Å². The number of carbonyl (C=O) groups is 1. The number of nitrogens with zero attached hydrogens (tertiary/aromatic N) is 3. The van der Waals surface area contributed by atoms with E-state index in [0.29, 0.717) is 12.4 Å². The monoisotopic (exact) mass is 328 g/mol. The third-order valence-corrected chi connectivity index (χ3v) is 4.69. The second-order valence-electron chi connectivity index (χ2n) is 6.33. The number of carbonyl (C=O) groups excluding carboxylic acids is 1. The highest BCUT2D eigenvalue weighted by Gasteiger charge is 2.42. The van der Waals surface area contributed by atoms with Crippen LogP contribution in [0.4, 0.5) is 5.69 Å². The van der Waals surface area contributed by atoms with Crippen LogP contribution in [-0.2, 0) is 11.2 Å². The Morgan fingerprint density at radius 1 is 1.21 bits per heavy atom. The molecule has 0 unspecified atom stereocenters. The molecule has 1 amide bonds. The average Bonchev–Trinajstić information content (AvgIpc) is 2.56. The number of amides is 1. The van der Waals surface area contributed by atoms with Gasteiger partial charge >= 0.3 is 0 Å². The number of nitrogens with one attached hydrogen (secondary N) is 1. The van der Waals surface area contributed by atoms with Gasteiger partial charge in [0.2, 0.25) is 17.8 Å². The van der Waals surface area contributed by atoms with Crippen molar-refractivity contribution in [2.24, 2.45) is 21.5 Å². The zero-order valence-electron chi connectivity index (χ0n) is 14.0. The summed E-state index contributed by atoms with van der Waals surface area (Å²) in [5, 5.41) is 2.63. The average molecular weight is 328 g/mol. The number of likely N-dealkylation sites (N-methyl/N-ethyl adjacent to an activating group) is 1. The Morgan fingerprint density at radius 3 is 2.50 bits per heavy atom. The first-order valence-electron chi connectivity index (χ1n) is 8.33. The molecule has 1 heterocycles. The summed E-state index contributed by atoms with van der Waals surface area (Å²) < 4.78 is 0. The smallest absolute Gasteiger partial charge is 0.224 e. The van der Waals surface area contributed by atoms with Gasteiger partial charge < -0.3 is 16.8 Å². The molecule has 0 aromatic heterocycles. The molecule has 7 nitrogen and oxygen atoms in total. The predicted molar refractivity (Wildman–Crippen MR) is 95.8 cm³/mol. The number of hydrogen-bond acceptors (Lipinski definition) is 6. The summed E-state index contributed by atoms with van der Waals surface area (Å²) in [5.74, 6) is 0.619. The van der Waals surface area contributed by atoms with Crippen molar-refractivity contribution in [1.29, 1.82) is 0 Å². The van der Waals surface area contributed by atoms with Crippen LogP contribution in [0.15, 0.2) is 34.3 Å². The number of benzene rings is 1. The lowest BCUT2D eigenvalue weighted by molar-refractivity contribution is -0.119. The summed E-state index contributed by atoms with van der Waals surface area (Å²) in [4.78, 5) is 22.3. The third kappa shape index (κ3) is 3.06. The summed E-state index contributed by atoms with van der Waals surface area (Å²) in [6, 6.07) is 7.81. The summed E-state index contributed by atoms with van der Waals surface area (Å²) in [5.41, 5.74) is 13.5. The van der Waals surface area contributed by atoms with E-state index in [9.17, 15) is 4.79 Å². The van der Waals surface area contributed by atoms with Crippen LogP contribution in [0.25, 0.3) is 0 Å². The number of anilines is 1. The largest absolute Gasteiger partial charge is 0.369 e. The summed E-state index contributed by atoms with van der Waals surface area (Å²) in [6.45, 7) is 0. The first kappa shape index (κ1) is 16.3. The Balaban J connectivity index is 1.91. The van der Waals surface area contributed by atoms with Crippen LogP contribution in [0.1, 0.15) is 37.7 Å². The van der Waals surface area contributed by atoms with Crippen molar-refractivity contribution in [2.75, 3.05) is 11.9 Å². The highest BCUT2D eigenvalue weighted by Crippen LogP contribution is 2.39. The first-order chi connectivity index (χ1) is 11.5. The Hall–Kier alpha value is -2.57. The van der Waals surface area contributed by atoms with Crippen molar-refractivity contribution in [3.8, 4) is 0 Å². The third-order valence-electron chi connectivity index (χ3n) is 4.69. The van der Waals surface area contributed by atoms with Crippen molar-refractivity contribution in [3.05, 3.63) is 29.8 Å². The van der Waals surface area contributed by atoms with Gasteiger partial charge in [0.15, 0.2) is 0 Å². The van der Waals surface area contributed by atoms with Gasteiger partial charge in [-0.15, -0.1) is 0 Å². The Kier molecular flexibility index (Phi) is 4.42. The molecule has 0 saturated heterocycles. The number of hydrogen-bond donors (Lipinski definition) is 3. The van der Waals surface area contributed by atoms with Gasteiger partial charge in [0.1, 0.15) is 5.66 Å². The SMILES string of the molecule is CNC(=O)Cc1ccc(N2C(N)=NC(N)=NC23CCCCC3)cc1. The van der Waals surface area contributed by atoms with Crippen molar-refractivity contribution in [1.82, 2.24) is 5.32 Å². The normalized spacial score (nSPS) is 19.6. The lowest BCUT2D eigenvalue weighted by Gasteiger charge is -2.45. The van der Waals surface area contributed by atoms with Crippen molar-refractivity contribution < 1.29 is 4.79 Å². The fourth-order valence-corrected chi connectivity index (χ4v) is 3.53. The molecule has 1 aromatic rings. The van der Waals surface area contributed by atoms with Gasteiger partial charge in [-0.3, -0.25) is 9.69 Å². The minimum atomic E-state index is -0.434. The molecule has 1 fully saturated rings. The van der Waals surface area contributed by atoms with Crippen LogP contribution < -0.4 is 21.7 Å². The van der Waals surface area contributed by atoms with Crippen LogP contribution in [0.3, 0.4) is 0 Å². The molecular formula is C17H24N6O. The molecule has 128 valence electrons. The minimum Gasteiger partial charge on any atom is -0.369 e. The van der Waals surface area contributed by atoms with E-state index in [1.165, 1.54) is 6.42 Å².